The molecule has 90 valence electrons. The number of nitrogens with two attached hydrogens (primary N) is 1. The highest BCUT2D eigenvalue weighted by Gasteiger charge is 2.26. The average Bonchev–Trinajstić information content (AvgIpc) is 2.23. The summed E-state index contributed by atoms with van der Waals surface area (Å²) in [7, 11) is 0. The molecule has 1 aromatic rings. The molecule has 1 atom stereocenters. The molecule has 0 saturated heterocycles. The second kappa shape index (κ2) is 5.39. The molecule has 0 heterocycles. The molecule has 0 aromatic heterocycles. The Balaban J connectivity index is 2.90. The van der Waals surface area contributed by atoms with Gasteiger partial charge in [0.05, 0.1) is 5.02 Å². The van der Waals surface area contributed by atoms with Crippen molar-refractivity contribution in [2.24, 2.45) is 11.7 Å². The molecule has 2 nitrogen and oxygen atoms in total. The average molecular weight is 306 g/mol. The Morgan fingerprint density at radius 3 is 2.56 bits per heavy atom. The smallest absolute Gasteiger partial charge is 0.0549 e. The summed E-state index contributed by atoms with van der Waals surface area (Å²) in [4.78, 5) is 0. The number of halogens is 2. The summed E-state index contributed by atoms with van der Waals surface area (Å²) in [6.45, 7) is 7.03. The van der Waals surface area contributed by atoms with Crippen molar-refractivity contribution in [3.63, 3.8) is 0 Å². The summed E-state index contributed by atoms with van der Waals surface area (Å²) in [5.41, 5.74) is 6.75. The molecule has 4 heteroatoms. The van der Waals surface area contributed by atoms with Crippen LogP contribution in [0.15, 0.2) is 22.7 Å². The van der Waals surface area contributed by atoms with Crippen molar-refractivity contribution in [3.05, 3.63) is 27.7 Å². The topological polar surface area (TPSA) is 38.0 Å². The number of hydrogen-bond acceptors (Lipinski definition) is 2. The fourth-order valence-electron chi connectivity index (χ4n) is 1.33. The van der Waals surface area contributed by atoms with E-state index in [-0.39, 0.29) is 5.54 Å². The van der Waals surface area contributed by atoms with Crippen molar-refractivity contribution < 1.29 is 0 Å². The summed E-state index contributed by atoms with van der Waals surface area (Å²) in [5.74, 6) is 0.451. The minimum absolute atomic E-state index is 0.104. The number of anilines is 1. The monoisotopic (exact) mass is 304 g/mol. The first-order chi connectivity index (χ1) is 7.39. The normalized spacial score (nSPS) is 14.9. The molecule has 0 bridgehead atoms. The van der Waals surface area contributed by atoms with Gasteiger partial charge in [-0.25, -0.2) is 0 Å². The van der Waals surface area contributed by atoms with Crippen LogP contribution in [0.4, 0.5) is 5.69 Å². The molecule has 16 heavy (non-hydrogen) atoms. The lowest BCUT2D eigenvalue weighted by Crippen LogP contribution is -2.47. The first-order valence-electron chi connectivity index (χ1n) is 5.32. The van der Waals surface area contributed by atoms with Crippen molar-refractivity contribution in [1.82, 2.24) is 0 Å². The Morgan fingerprint density at radius 2 is 2.12 bits per heavy atom. The van der Waals surface area contributed by atoms with Gasteiger partial charge in [0.2, 0.25) is 0 Å². The third-order valence-electron chi connectivity index (χ3n) is 3.05. The van der Waals surface area contributed by atoms with Crippen LogP contribution in [0.25, 0.3) is 0 Å². The maximum absolute atomic E-state index is 5.95. The minimum Gasteiger partial charge on any atom is -0.378 e. The first kappa shape index (κ1) is 13.8. The molecule has 1 unspecified atom stereocenters. The maximum atomic E-state index is 5.95. The van der Waals surface area contributed by atoms with Gasteiger partial charge in [0.1, 0.15) is 0 Å². The second-order valence-electron chi connectivity index (χ2n) is 4.53. The van der Waals surface area contributed by atoms with E-state index >= 15 is 0 Å². The van der Waals surface area contributed by atoms with E-state index in [1.54, 1.807) is 0 Å². The molecule has 0 aliphatic carbocycles. The van der Waals surface area contributed by atoms with Crippen molar-refractivity contribution >= 4 is 33.2 Å². The number of hydrogen-bond donors (Lipinski definition) is 2. The second-order valence-corrected chi connectivity index (χ2v) is 5.79. The van der Waals surface area contributed by atoms with E-state index in [4.69, 9.17) is 17.3 Å². The molecule has 0 aliphatic rings. The lowest BCUT2D eigenvalue weighted by molar-refractivity contribution is 0.382. The van der Waals surface area contributed by atoms with E-state index in [0.717, 1.165) is 10.2 Å². The molecule has 0 saturated carbocycles. The van der Waals surface area contributed by atoms with Crippen molar-refractivity contribution in [2.75, 3.05) is 11.9 Å². The van der Waals surface area contributed by atoms with Crippen LogP contribution in [0.3, 0.4) is 0 Å². The Bertz CT molecular complexity index is 368. The maximum Gasteiger partial charge on any atom is 0.0549 e. The van der Waals surface area contributed by atoms with Gasteiger partial charge in [-0.05, 0) is 47.0 Å². The molecule has 0 aliphatic heterocycles. The van der Waals surface area contributed by atoms with E-state index in [1.807, 2.05) is 18.2 Å². The summed E-state index contributed by atoms with van der Waals surface area (Å²) in [5, 5.41) is 4.17. The number of nitrogens with one attached hydrogen (secondary N) is 1. The molecule has 0 amide bonds. The van der Waals surface area contributed by atoms with Gasteiger partial charge in [-0.2, -0.15) is 0 Å². The van der Waals surface area contributed by atoms with Crippen LogP contribution < -0.4 is 11.1 Å². The predicted octanol–water partition coefficient (Wildman–Crippen LogP) is 3.89. The lowest BCUT2D eigenvalue weighted by atomic mass is 9.88. The predicted molar refractivity (Wildman–Crippen MR) is 75.1 cm³/mol. The van der Waals surface area contributed by atoms with Crippen LogP contribution in [-0.4, -0.2) is 12.1 Å². The highest BCUT2D eigenvalue weighted by Crippen LogP contribution is 2.28. The van der Waals surface area contributed by atoms with Gasteiger partial charge in [-0.1, -0.05) is 25.4 Å². The first-order valence-corrected chi connectivity index (χ1v) is 6.49. The molecular formula is C12H18BrClN2. The molecule has 0 radical (unpaired) electrons. The molecule has 3 N–H and O–H groups in total. The third-order valence-corrected chi connectivity index (χ3v) is 4.26. The zero-order valence-electron chi connectivity index (χ0n) is 9.85. The SMILES string of the molecule is CC(C)C(C)(CN)Nc1ccc(Cl)c(Br)c1. The van der Waals surface area contributed by atoms with Gasteiger partial charge in [0.25, 0.3) is 0 Å². The summed E-state index contributed by atoms with van der Waals surface area (Å²) >= 11 is 9.36. The Morgan fingerprint density at radius 1 is 1.50 bits per heavy atom. The van der Waals surface area contributed by atoms with E-state index in [0.29, 0.717) is 17.5 Å². The molecule has 0 fully saturated rings. The van der Waals surface area contributed by atoms with Crippen LogP contribution in [0.2, 0.25) is 5.02 Å². The molecule has 1 aromatic carbocycles. The van der Waals surface area contributed by atoms with E-state index in [1.165, 1.54) is 0 Å². The van der Waals surface area contributed by atoms with Crippen LogP contribution in [0, 0.1) is 5.92 Å². The van der Waals surface area contributed by atoms with Crippen molar-refractivity contribution in [2.45, 2.75) is 26.3 Å². The van der Waals surface area contributed by atoms with Crippen LogP contribution in [-0.2, 0) is 0 Å². The van der Waals surface area contributed by atoms with E-state index in [9.17, 15) is 0 Å². The van der Waals surface area contributed by atoms with Crippen LogP contribution >= 0.6 is 27.5 Å². The van der Waals surface area contributed by atoms with Gasteiger partial charge in [0.15, 0.2) is 0 Å². The van der Waals surface area contributed by atoms with Gasteiger partial charge in [-0.15, -0.1) is 0 Å². The Kier molecular flexibility index (Phi) is 4.65. The third kappa shape index (κ3) is 3.12. The summed E-state index contributed by atoms with van der Waals surface area (Å²) in [6.07, 6.45) is 0. The molecular weight excluding hydrogens is 288 g/mol. The van der Waals surface area contributed by atoms with Gasteiger partial charge in [-0.3, -0.25) is 0 Å². The van der Waals surface area contributed by atoms with Crippen molar-refractivity contribution in [1.29, 1.82) is 0 Å². The quantitative estimate of drug-likeness (QED) is 0.885. The fraction of sp³-hybridized carbons (Fsp3) is 0.500. The molecule has 1 rings (SSSR count). The van der Waals surface area contributed by atoms with Crippen molar-refractivity contribution in [3.8, 4) is 0 Å². The zero-order valence-corrected chi connectivity index (χ0v) is 12.2. The Hall–Kier alpha value is -0.250. The summed E-state index contributed by atoms with van der Waals surface area (Å²) in [6, 6.07) is 5.80. The number of rotatable bonds is 4. The van der Waals surface area contributed by atoms with E-state index in [2.05, 4.69) is 42.0 Å². The highest BCUT2D eigenvalue weighted by molar-refractivity contribution is 9.10. The van der Waals surface area contributed by atoms with Crippen LogP contribution in [0.1, 0.15) is 20.8 Å². The van der Waals surface area contributed by atoms with Gasteiger partial charge < -0.3 is 11.1 Å². The lowest BCUT2D eigenvalue weighted by Gasteiger charge is -2.34. The number of benzene rings is 1. The minimum atomic E-state index is -0.104. The Labute approximate surface area is 111 Å². The standard InChI is InChI=1S/C12H18BrClN2/c1-8(2)12(3,7-15)16-9-4-5-11(14)10(13)6-9/h4-6,8,16H,7,15H2,1-3H3. The largest absolute Gasteiger partial charge is 0.378 e. The van der Waals surface area contributed by atoms with E-state index < -0.39 is 0 Å². The summed E-state index contributed by atoms with van der Waals surface area (Å²) < 4.78 is 0.891. The molecule has 0 spiro atoms. The van der Waals surface area contributed by atoms with Gasteiger partial charge >= 0.3 is 0 Å². The van der Waals surface area contributed by atoms with Crippen LogP contribution in [0.5, 0.6) is 0 Å². The fourth-order valence-corrected chi connectivity index (χ4v) is 1.83. The highest BCUT2D eigenvalue weighted by atomic mass is 79.9. The van der Waals surface area contributed by atoms with Gasteiger partial charge in [0, 0.05) is 22.2 Å². The zero-order chi connectivity index (χ0) is 12.3.